The third-order valence-corrected chi connectivity index (χ3v) is 4.36. The minimum Gasteiger partial charge on any atom is -0.350 e. The van der Waals surface area contributed by atoms with E-state index in [0.29, 0.717) is 24.4 Å². The van der Waals surface area contributed by atoms with Crippen molar-refractivity contribution in [3.63, 3.8) is 0 Å². The van der Waals surface area contributed by atoms with Crippen molar-refractivity contribution in [2.45, 2.75) is 31.5 Å². The Balaban J connectivity index is 1.89. The first-order valence-corrected chi connectivity index (χ1v) is 9.19. The third kappa shape index (κ3) is 7.02. The Kier molecular flexibility index (Phi) is 8.26. The van der Waals surface area contributed by atoms with Gasteiger partial charge in [-0.15, -0.1) is 0 Å². The van der Waals surface area contributed by atoms with Crippen LogP contribution in [0.25, 0.3) is 0 Å². The minimum absolute atomic E-state index is 0.274. The highest BCUT2D eigenvalue weighted by Crippen LogP contribution is 2.11. The van der Waals surface area contributed by atoms with Crippen LogP contribution in [0.4, 0.5) is 0 Å². The maximum absolute atomic E-state index is 12.4. The number of nitrogens with one attached hydrogen (secondary N) is 2. The van der Waals surface area contributed by atoms with Gasteiger partial charge in [-0.2, -0.15) is 0 Å². The molecule has 0 fully saturated rings. The normalized spacial score (nSPS) is 12.9. The van der Waals surface area contributed by atoms with Crippen LogP contribution in [-0.4, -0.2) is 30.4 Å². The lowest BCUT2D eigenvalue weighted by Crippen LogP contribution is -2.52. The van der Waals surface area contributed by atoms with Crippen LogP contribution < -0.4 is 22.1 Å². The summed E-state index contributed by atoms with van der Waals surface area (Å²) < 4.78 is 0. The molecular weight excluding hydrogens is 364 g/mol. The number of hydrogen-bond donors (Lipinski definition) is 4. The average molecular weight is 389 g/mol. The molecule has 2 rings (SSSR count). The second-order valence-corrected chi connectivity index (χ2v) is 6.72. The van der Waals surface area contributed by atoms with Crippen molar-refractivity contribution in [3.8, 4) is 0 Å². The Labute approximate surface area is 164 Å². The maximum atomic E-state index is 12.4. The zero-order chi connectivity index (χ0) is 19.6. The molecule has 6 N–H and O–H groups in total. The number of carbonyl (C=O) groups is 2. The SMILES string of the molecule is NCC[C@H](NC(=O)[C@@H](N)Cc1ccc(Cl)cc1)C(=O)NCc1ccccc1. The molecule has 144 valence electrons. The van der Waals surface area contributed by atoms with Gasteiger partial charge in [0.25, 0.3) is 0 Å². The van der Waals surface area contributed by atoms with E-state index in [1.165, 1.54) is 0 Å². The highest BCUT2D eigenvalue weighted by atomic mass is 35.5. The fourth-order valence-corrected chi connectivity index (χ4v) is 2.72. The number of halogens is 1. The van der Waals surface area contributed by atoms with Crippen molar-refractivity contribution in [3.05, 3.63) is 70.7 Å². The van der Waals surface area contributed by atoms with Gasteiger partial charge in [0.15, 0.2) is 0 Å². The van der Waals surface area contributed by atoms with E-state index in [1.54, 1.807) is 12.1 Å². The summed E-state index contributed by atoms with van der Waals surface area (Å²) in [6, 6.07) is 15.2. The molecule has 0 heterocycles. The quantitative estimate of drug-likeness (QED) is 0.519. The number of rotatable bonds is 9. The molecule has 0 aliphatic carbocycles. The number of nitrogens with two attached hydrogens (primary N) is 2. The van der Waals surface area contributed by atoms with Gasteiger partial charge in [-0.25, -0.2) is 0 Å². The fraction of sp³-hybridized carbons (Fsp3) is 0.300. The van der Waals surface area contributed by atoms with Gasteiger partial charge < -0.3 is 22.1 Å². The molecule has 0 saturated carbocycles. The van der Waals surface area contributed by atoms with Crippen molar-refractivity contribution < 1.29 is 9.59 Å². The molecule has 0 aliphatic rings. The molecule has 0 unspecified atom stereocenters. The standard InChI is InChI=1S/C20H25ClN4O2/c21-16-8-6-14(7-9-16)12-17(23)19(26)25-18(10-11-22)20(27)24-13-15-4-2-1-3-5-15/h1-9,17-18H,10-13,22-23H2,(H,24,27)(H,25,26)/t17-,18-/m0/s1. The Hall–Kier alpha value is -2.41. The molecule has 2 aromatic carbocycles. The molecule has 6 nitrogen and oxygen atoms in total. The molecule has 0 spiro atoms. The second kappa shape index (κ2) is 10.7. The topological polar surface area (TPSA) is 110 Å². The molecule has 0 aliphatic heterocycles. The summed E-state index contributed by atoms with van der Waals surface area (Å²) >= 11 is 5.86. The second-order valence-electron chi connectivity index (χ2n) is 6.28. The Morgan fingerprint density at radius 2 is 1.63 bits per heavy atom. The maximum Gasteiger partial charge on any atom is 0.242 e. The molecule has 0 saturated heterocycles. The Bertz CT molecular complexity index is 737. The van der Waals surface area contributed by atoms with Gasteiger partial charge in [-0.05, 0) is 42.6 Å². The van der Waals surface area contributed by atoms with Crippen LogP contribution >= 0.6 is 11.6 Å². The first kappa shape index (κ1) is 20.9. The van der Waals surface area contributed by atoms with Crippen LogP contribution in [0.5, 0.6) is 0 Å². The molecule has 7 heteroatoms. The van der Waals surface area contributed by atoms with E-state index in [4.69, 9.17) is 23.1 Å². The molecule has 2 atom stereocenters. The zero-order valence-electron chi connectivity index (χ0n) is 15.0. The minimum atomic E-state index is -0.770. The monoisotopic (exact) mass is 388 g/mol. The van der Waals surface area contributed by atoms with E-state index in [2.05, 4.69) is 10.6 Å². The van der Waals surface area contributed by atoms with Crippen molar-refractivity contribution in [1.29, 1.82) is 0 Å². The first-order chi connectivity index (χ1) is 13.0. The summed E-state index contributed by atoms with van der Waals surface area (Å²) in [6.07, 6.45) is 0.685. The summed E-state index contributed by atoms with van der Waals surface area (Å²) in [7, 11) is 0. The first-order valence-electron chi connectivity index (χ1n) is 8.81. The van der Waals surface area contributed by atoms with E-state index >= 15 is 0 Å². The van der Waals surface area contributed by atoms with Crippen LogP contribution in [0.15, 0.2) is 54.6 Å². The van der Waals surface area contributed by atoms with Crippen LogP contribution in [0.2, 0.25) is 5.02 Å². The number of benzene rings is 2. The van der Waals surface area contributed by atoms with Gasteiger partial charge in [0, 0.05) is 11.6 Å². The van der Waals surface area contributed by atoms with Crippen LogP contribution in [0, 0.1) is 0 Å². The van der Waals surface area contributed by atoms with Gasteiger partial charge in [0.05, 0.1) is 6.04 Å². The van der Waals surface area contributed by atoms with E-state index in [9.17, 15) is 9.59 Å². The third-order valence-electron chi connectivity index (χ3n) is 4.10. The van der Waals surface area contributed by atoms with Crippen LogP contribution in [0.1, 0.15) is 17.5 Å². The average Bonchev–Trinajstić information content (AvgIpc) is 2.68. The molecule has 0 aromatic heterocycles. The van der Waals surface area contributed by atoms with Crippen LogP contribution in [-0.2, 0) is 22.6 Å². The molecule has 27 heavy (non-hydrogen) atoms. The fourth-order valence-electron chi connectivity index (χ4n) is 2.59. The van der Waals surface area contributed by atoms with E-state index in [0.717, 1.165) is 11.1 Å². The zero-order valence-corrected chi connectivity index (χ0v) is 15.8. The van der Waals surface area contributed by atoms with Gasteiger partial charge in [-0.1, -0.05) is 54.1 Å². The van der Waals surface area contributed by atoms with Crippen molar-refractivity contribution in [2.75, 3.05) is 6.54 Å². The summed E-state index contributed by atoms with van der Waals surface area (Å²) in [5.41, 5.74) is 13.4. The summed E-state index contributed by atoms with van der Waals surface area (Å²) in [5.74, 6) is -0.672. The predicted octanol–water partition coefficient (Wildman–Crippen LogP) is 1.36. The highest BCUT2D eigenvalue weighted by molar-refractivity contribution is 6.30. The van der Waals surface area contributed by atoms with Crippen molar-refractivity contribution >= 4 is 23.4 Å². The van der Waals surface area contributed by atoms with Gasteiger partial charge in [0.1, 0.15) is 6.04 Å². The van der Waals surface area contributed by atoms with Gasteiger partial charge >= 0.3 is 0 Å². The van der Waals surface area contributed by atoms with E-state index < -0.39 is 18.0 Å². The Morgan fingerprint density at radius 1 is 0.963 bits per heavy atom. The predicted molar refractivity (Wildman–Crippen MR) is 107 cm³/mol. The van der Waals surface area contributed by atoms with E-state index in [1.807, 2.05) is 42.5 Å². The van der Waals surface area contributed by atoms with E-state index in [-0.39, 0.29) is 12.5 Å². The molecule has 0 radical (unpaired) electrons. The molecule has 0 bridgehead atoms. The number of amides is 2. The highest BCUT2D eigenvalue weighted by Gasteiger charge is 2.23. The van der Waals surface area contributed by atoms with Crippen molar-refractivity contribution in [2.24, 2.45) is 11.5 Å². The largest absolute Gasteiger partial charge is 0.350 e. The number of hydrogen-bond acceptors (Lipinski definition) is 4. The van der Waals surface area contributed by atoms with Crippen LogP contribution in [0.3, 0.4) is 0 Å². The smallest absolute Gasteiger partial charge is 0.242 e. The molecular formula is C20H25ClN4O2. The number of carbonyl (C=O) groups excluding carboxylic acids is 2. The molecule has 2 amide bonds. The lowest BCUT2D eigenvalue weighted by atomic mass is 10.1. The van der Waals surface area contributed by atoms with Gasteiger partial charge in [0.2, 0.25) is 11.8 Å². The summed E-state index contributed by atoms with van der Waals surface area (Å²) in [5, 5.41) is 6.14. The molecule has 2 aromatic rings. The van der Waals surface area contributed by atoms with Crippen molar-refractivity contribution in [1.82, 2.24) is 10.6 Å². The summed E-state index contributed by atoms with van der Waals surface area (Å²) in [4.78, 5) is 24.8. The summed E-state index contributed by atoms with van der Waals surface area (Å²) in [6.45, 7) is 0.656. The Morgan fingerprint density at radius 3 is 2.26 bits per heavy atom. The lowest BCUT2D eigenvalue weighted by molar-refractivity contribution is -0.129. The van der Waals surface area contributed by atoms with Gasteiger partial charge in [-0.3, -0.25) is 9.59 Å². The lowest BCUT2D eigenvalue weighted by Gasteiger charge is -2.20.